The van der Waals surface area contributed by atoms with Crippen LogP contribution in [0, 0.1) is 5.41 Å². The van der Waals surface area contributed by atoms with Crippen LogP contribution in [-0.4, -0.2) is 39.7 Å². The molecule has 4 rings (SSSR count). The monoisotopic (exact) mass is 385 g/mol. The van der Waals surface area contributed by atoms with Gasteiger partial charge in [0, 0.05) is 17.5 Å². The van der Waals surface area contributed by atoms with Crippen LogP contribution in [0.3, 0.4) is 0 Å². The molecule has 0 aromatic heterocycles. The van der Waals surface area contributed by atoms with Gasteiger partial charge < -0.3 is 15.1 Å². The summed E-state index contributed by atoms with van der Waals surface area (Å²) in [5.41, 5.74) is 1.75. The number of carbonyl (C=O) groups excluding carboxylic acids is 1. The van der Waals surface area contributed by atoms with Gasteiger partial charge in [-0.05, 0) is 48.9 Å². The summed E-state index contributed by atoms with van der Waals surface area (Å²) in [6.07, 6.45) is 3.86. The fourth-order valence-corrected chi connectivity index (χ4v) is 5.21. The highest BCUT2D eigenvalue weighted by Crippen LogP contribution is 2.51. The van der Waals surface area contributed by atoms with Crippen molar-refractivity contribution in [1.82, 2.24) is 4.90 Å². The molecular formula is C22H24ClNO3. The Hall–Kier alpha value is -2.04. The predicted octanol–water partition coefficient (Wildman–Crippen LogP) is 3.57. The molecule has 0 unspecified atom stereocenters. The van der Waals surface area contributed by atoms with Crippen molar-refractivity contribution >= 4 is 17.5 Å². The molecule has 3 atom stereocenters. The van der Waals surface area contributed by atoms with Crippen LogP contribution in [0.2, 0.25) is 5.02 Å². The number of benzene rings is 2. The van der Waals surface area contributed by atoms with Crippen LogP contribution in [0.15, 0.2) is 48.5 Å². The Kier molecular flexibility index (Phi) is 4.87. The predicted molar refractivity (Wildman–Crippen MR) is 105 cm³/mol. The SMILES string of the molecule is O=C(Cc1ccc(O)c(Cl)c1)N1[C@@H]2CC[C@H]1[C@](CO)(Cc1ccccc1)C2. The Labute approximate surface area is 164 Å². The summed E-state index contributed by atoms with van der Waals surface area (Å²) < 4.78 is 0. The van der Waals surface area contributed by atoms with E-state index in [1.807, 2.05) is 23.1 Å². The molecule has 5 heteroatoms. The lowest BCUT2D eigenvalue weighted by Crippen LogP contribution is -2.44. The summed E-state index contributed by atoms with van der Waals surface area (Å²) in [6.45, 7) is 0.0951. The molecule has 0 saturated carbocycles. The zero-order valence-electron chi connectivity index (χ0n) is 15.1. The second-order valence-corrected chi connectivity index (χ2v) is 8.30. The summed E-state index contributed by atoms with van der Waals surface area (Å²) in [5, 5.41) is 20.1. The third-order valence-corrected chi connectivity index (χ3v) is 6.52. The van der Waals surface area contributed by atoms with Crippen LogP contribution < -0.4 is 0 Å². The Morgan fingerprint density at radius 1 is 1.15 bits per heavy atom. The maximum Gasteiger partial charge on any atom is 0.227 e. The molecular weight excluding hydrogens is 362 g/mol. The van der Waals surface area contributed by atoms with Gasteiger partial charge in [-0.15, -0.1) is 0 Å². The van der Waals surface area contributed by atoms with E-state index in [4.69, 9.17) is 11.6 Å². The average molecular weight is 386 g/mol. The lowest BCUT2D eigenvalue weighted by Gasteiger charge is -2.36. The molecule has 2 saturated heterocycles. The Bertz CT molecular complexity index is 841. The lowest BCUT2D eigenvalue weighted by atomic mass is 9.70. The molecule has 2 aromatic rings. The number of carbonyl (C=O) groups is 1. The van der Waals surface area contributed by atoms with Gasteiger partial charge in [0.05, 0.1) is 18.1 Å². The summed E-state index contributed by atoms with van der Waals surface area (Å²) in [5.74, 6) is 0.101. The van der Waals surface area contributed by atoms with Crippen molar-refractivity contribution in [3.63, 3.8) is 0 Å². The summed E-state index contributed by atoms with van der Waals surface area (Å²) in [4.78, 5) is 15.1. The van der Waals surface area contributed by atoms with E-state index in [1.165, 1.54) is 11.6 Å². The minimum atomic E-state index is -0.257. The van der Waals surface area contributed by atoms with E-state index in [0.29, 0.717) is 0 Å². The van der Waals surface area contributed by atoms with Crippen LogP contribution in [0.5, 0.6) is 5.75 Å². The van der Waals surface area contributed by atoms with Gasteiger partial charge in [-0.3, -0.25) is 4.79 Å². The van der Waals surface area contributed by atoms with Crippen LogP contribution >= 0.6 is 11.6 Å². The van der Waals surface area contributed by atoms with E-state index in [-0.39, 0.29) is 47.2 Å². The van der Waals surface area contributed by atoms with Crippen LogP contribution in [0.4, 0.5) is 0 Å². The lowest BCUT2D eigenvalue weighted by molar-refractivity contribution is -0.132. The first-order valence-corrected chi connectivity index (χ1v) is 9.83. The number of aliphatic hydroxyl groups excluding tert-OH is 1. The van der Waals surface area contributed by atoms with E-state index >= 15 is 0 Å². The van der Waals surface area contributed by atoms with Crippen molar-refractivity contribution in [2.45, 2.75) is 44.2 Å². The number of hydrogen-bond acceptors (Lipinski definition) is 3. The topological polar surface area (TPSA) is 60.8 Å². The van der Waals surface area contributed by atoms with Gasteiger partial charge in [-0.2, -0.15) is 0 Å². The number of rotatable bonds is 5. The van der Waals surface area contributed by atoms with Crippen LogP contribution in [-0.2, 0) is 17.6 Å². The molecule has 2 fully saturated rings. The molecule has 0 spiro atoms. The third kappa shape index (κ3) is 3.32. The summed E-state index contributed by atoms with van der Waals surface area (Å²) in [7, 11) is 0. The molecule has 1 amide bonds. The molecule has 2 heterocycles. The molecule has 4 nitrogen and oxygen atoms in total. The Morgan fingerprint density at radius 2 is 1.93 bits per heavy atom. The zero-order chi connectivity index (χ0) is 19.0. The quantitative estimate of drug-likeness (QED) is 0.827. The van der Waals surface area contributed by atoms with Gasteiger partial charge in [-0.25, -0.2) is 0 Å². The van der Waals surface area contributed by atoms with Gasteiger partial charge in [0.1, 0.15) is 5.75 Å². The number of hydrogen-bond donors (Lipinski definition) is 2. The van der Waals surface area contributed by atoms with Gasteiger partial charge >= 0.3 is 0 Å². The molecule has 2 aromatic carbocycles. The number of aliphatic hydroxyl groups is 1. The van der Waals surface area contributed by atoms with Crippen molar-refractivity contribution in [1.29, 1.82) is 0 Å². The number of fused-ring (bicyclic) bond motifs is 2. The molecule has 2 N–H and O–H groups in total. The summed E-state index contributed by atoms with van der Waals surface area (Å²) >= 11 is 5.98. The highest BCUT2D eigenvalue weighted by atomic mass is 35.5. The van der Waals surface area contributed by atoms with E-state index in [0.717, 1.165) is 31.2 Å². The maximum atomic E-state index is 13.1. The fourth-order valence-electron chi connectivity index (χ4n) is 5.01. The van der Waals surface area contributed by atoms with Crippen molar-refractivity contribution in [2.24, 2.45) is 5.41 Å². The number of phenolic OH excluding ortho intramolecular Hbond substituents is 1. The smallest absolute Gasteiger partial charge is 0.227 e. The van der Waals surface area contributed by atoms with E-state index in [1.54, 1.807) is 12.1 Å². The normalized spacial score (nSPS) is 26.5. The van der Waals surface area contributed by atoms with Crippen molar-refractivity contribution in [2.75, 3.05) is 6.61 Å². The average Bonchev–Trinajstić information content (AvgIpc) is 3.22. The second-order valence-electron chi connectivity index (χ2n) is 7.90. The molecule has 0 radical (unpaired) electrons. The van der Waals surface area contributed by atoms with E-state index in [2.05, 4.69) is 12.1 Å². The zero-order valence-corrected chi connectivity index (χ0v) is 15.9. The number of nitrogens with zero attached hydrogens (tertiary/aromatic N) is 1. The van der Waals surface area contributed by atoms with Gasteiger partial charge in [0.15, 0.2) is 0 Å². The van der Waals surface area contributed by atoms with Crippen molar-refractivity contribution in [3.8, 4) is 5.75 Å². The van der Waals surface area contributed by atoms with Crippen LogP contribution in [0.1, 0.15) is 30.4 Å². The number of amides is 1. The van der Waals surface area contributed by atoms with Gasteiger partial charge in [0.25, 0.3) is 0 Å². The first kappa shape index (κ1) is 18.3. The number of aromatic hydroxyl groups is 1. The van der Waals surface area contributed by atoms with Gasteiger partial charge in [0.2, 0.25) is 5.91 Å². The Morgan fingerprint density at radius 3 is 2.63 bits per heavy atom. The number of phenols is 1. The van der Waals surface area contributed by atoms with E-state index < -0.39 is 0 Å². The first-order chi connectivity index (χ1) is 13.0. The third-order valence-electron chi connectivity index (χ3n) is 6.22. The van der Waals surface area contributed by atoms with Crippen molar-refractivity contribution in [3.05, 3.63) is 64.7 Å². The van der Waals surface area contributed by atoms with Gasteiger partial charge in [-0.1, -0.05) is 48.0 Å². The second kappa shape index (κ2) is 7.17. The highest BCUT2D eigenvalue weighted by Gasteiger charge is 2.56. The van der Waals surface area contributed by atoms with Crippen LogP contribution in [0.25, 0.3) is 0 Å². The standard InChI is InChI=1S/C22H24ClNO3/c23-18-10-16(6-8-19(18)26)11-21(27)24-17-7-9-20(24)22(13-17,14-25)12-15-4-2-1-3-5-15/h1-6,8,10,17,20,25-26H,7,9,11-14H2/t17-,20+,22-/m1/s1. The molecule has 2 aliphatic heterocycles. The highest BCUT2D eigenvalue weighted by molar-refractivity contribution is 6.32. The number of halogens is 1. The van der Waals surface area contributed by atoms with E-state index in [9.17, 15) is 15.0 Å². The minimum absolute atomic E-state index is 0.0243. The molecule has 0 aliphatic carbocycles. The minimum Gasteiger partial charge on any atom is -0.506 e. The molecule has 27 heavy (non-hydrogen) atoms. The molecule has 2 bridgehead atoms. The molecule has 2 aliphatic rings. The summed E-state index contributed by atoms with van der Waals surface area (Å²) in [6, 6.07) is 15.4. The largest absolute Gasteiger partial charge is 0.506 e. The maximum absolute atomic E-state index is 13.1. The Balaban J connectivity index is 1.54. The van der Waals surface area contributed by atoms with Crippen molar-refractivity contribution < 1.29 is 15.0 Å². The molecule has 142 valence electrons. The first-order valence-electron chi connectivity index (χ1n) is 9.46. The fraction of sp³-hybridized carbons (Fsp3) is 0.409.